The molecular weight excluding hydrogens is 228 g/mol. The second-order valence-electron chi connectivity index (χ2n) is 3.42. The summed E-state index contributed by atoms with van der Waals surface area (Å²) in [5.41, 5.74) is -1.02. The molecule has 1 aromatic rings. The Hall–Kier alpha value is -1.32. The summed E-state index contributed by atoms with van der Waals surface area (Å²) in [5.74, 6) is -1.08. The molecule has 0 aliphatic carbocycles. The number of aliphatic carboxylic acids is 1. The topological polar surface area (TPSA) is 46.5 Å². The fourth-order valence-corrected chi connectivity index (χ4v) is 1.64. The van der Waals surface area contributed by atoms with Crippen molar-refractivity contribution in [3.63, 3.8) is 0 Å². The predicted molar refractivity (Wildman–Crippen MR) is 62.6 cm³/mol. The average molecular weight is 241 g/mol. The Morgan fingerprint density at radius 2 is 2.25 bits per heavy atom. The van der Waals surface area contributed by atoms with Gasteiger partial charge in [-0.15, -0.1) is 6.58 Å². The molecule has 86 valence electrons. The Morgan fingerprint density at radius 1 is 1.62 bits per heavy atom. The molecule has 1 N–H and O–H groups in total. The van der Waals surface area contributed by atoms with Gasteiger partial charge in [-0.05, 0) is 13.0 Å². The largest absolute Gasteiger partial charge is 0.479 e. The van der Waals surface area contributed by atoms with Gasteiger partial charge in [0.25, 0.3) is 0 Å². The van der Waals surface area contributed by atoms with Crippen LogP contribution in [0.4, 0.5) is 0 Å². The molecule has 0 amide bonds. The minimum atomic E-state index is -1.45. The van der Waals surface area contributed by atoms with E-state index >= 15 is 0 Å². The van der Waals surface area contributed by atoms with Crippen LogP contribution in [-0.4, -0.2) is 17.7 Å². The van der Waals surface area contributed by atoms with Gasteiger partial charge in [0.15, 0.2) is 5.60 Å². The molecule has 0 aliphatic rings. The third kappa shape index (κ3) is 2.43. The first kappa shape index (κ1) is 12.7. The quantitative estimate of drug-likeness (QED) is 0.805. The summed E-state index contributed by atoms with van der Waals surface area (Å²) < 4.78 is 5.31. The van der Waals surface area contributed by atoms with Crippen LogP contribution in [0.15, 0.2) is 36.9 Å². The molecule has 0 bridgehead atoms. The molecule has 0 radical (unpaired) electrons. The second kappa shape index (κ2) is 5.14. The lowest BCUT2D eigenvalue weighted by Gasteiger charge is -2.26. The molecular formula is C12H13ClO3. The number of hydrogen-bond acceptors (Lipinski definition) is 2. The molecule has 4 heteroatoms. The fraction of sp³-hybridized carbons (Fsp3) is 0.250. The lowest BCUT2D eigenvalue weighted by molar-refractivity contribution is -0.163. The van der Waals surface area contributed by atoms with E-state index in [2.05, 4.69) is 6.58 Å². The summed E-state index contributed by atoms with van der Waals surface area (Å²) in [4.78, 5) is 11.3. The molecule has 0 saturated carbocycles. The second-order valence-corrected chi connectivity index (χ2v) is 3.83. The van der Waals surface area contributed by atoms with E-state index in [1.165, 1.54) is 13.0 Å². The summed E-state index contributed by atoms with van der Waals surface area (Å²) in [6, 6.07) is 6.73. The Kier molecular flexibility index (Phi) is 4.10. The number of ether oxygens (including phenoxy) is 1. The van der Waals surface area contributed by atoms with Gasteiger partial charge in [0.1, 0.15) is 0 Å². The van der Waals surface area contributed by atoms with Gasteiger partial charge in [0, 0.05) is 10.6 Å². The van der Waals surface area contributed by atoms with Gasteiger partial charge in [-0.25, -0.2) is 4.79 Å². The summed E-state index contributed by atoms with van der Waals surface area (Å²) in [6.45, 7) is 5.11. The lowest BCUT2D eigenvalue weighted by atomic mass is 9.96. The summed E-state index contributed by atoms with van der Waals surface area (Å²) in [6.07, 6.45) is 1.50. The van der Waals surface area contributed by atoms with Crippen molar-refractivity contribution in [3.8, 4) is 0 Å². The van der Waals surface area contributed by atoms with Gasteiger partial charge < -0.3 is 9.84 Å². The lowest BCUT2D eigenvalue weighted by Crippen LogP contribution is -2.36. The van der Waals surface area contributed by atoms with Crippen molar-refractivity contribution in [2.75, 3.05) is 6.61 Å². The van der Waals surface area contributed by atoms with E-state index in [4.69, 9.17) is 16.3 Å². The van der Waals surface area contributed by atoms with Gasteiger partial charge in [0.2, 0.25) is 0 Å². The maximum absolute atomic E-state index is 11.3. The molecule has 0 spiro atoms. The third-order valence-electron chi connectivity index (χ3n) is 2.29. The molecule has 16 heavy (non-hydrogen) atoms. The number of rotatable bonds is 5. The molecule has 0 saturated heterocycles. The van der Waals surface area contributed by atoms with Crippen LogP contribution in [0.5, 0.6) is 0 Å². The van der Waals surface area contributed by atoms with Crippen molar-refractivity contribution in [3.05, 3.63) is 47.5 Å². The molecule has 0 aromatic heterocycles. The predicted octanol–water partition coefficient (Wildman–Crippen LogP) is 2.84. The van der Waals surface area contributed by atoms with Crippen LogP contribution in [0.25, 0.3) is 0 Å². The van der Waals surface area contributed by atoms with Crippen LogP contribution in [-0.2, 0) is 15.1 Å². The Morgan fingerprint density at radius 3 is 2.75 bits per heavy atom. The zero-order valence-electron chi connectivity index (χ0n) is 8.94. The van der Waals surface area contributed by atoms with Crippen LogP contribution >= 0.6 is 11.6 Å². The monoisotopic (exact) mass is 240 g/mol. The van der Waals surface area contributed by atoms with E-state index < -0.39 is 11.6 Å². The number of halogens is 1. The molecule has 0 heterocycles. The highest BCUT2D eigenvalue weighted by Crippen LogP contribution is 2.31. The van der Waals surface area contributed by atoms with Crippen LogP contribution < -0.4 is 0 Å². The first-order valence-corrected chi connectivity index (χ1v) is 5.13. The summed E-state index contributed by atoms with van der Waals surface area (Å²) >= 11 is 5.96. The van der Waals surface area contributed by atoms with Gasteiger partial charge in [-0.3, -0.25) is 0 Å². The molecule has 1 unspecified atom stereocenters. The SMILES string of the molecule is C=CCOC(C)(C(=O)O)c1ccccc1Cl. The van der Waals surface area contributed by atoms with Gasteiger partial charge in [-0.2, -0.15) is 0 Å². The highest BCUT2D eigenvalue weighted by Gasteiger charge is 2.37. The van der Waals surface area contributed by atoms with Gasteiger partial charge >= 0.3 is 5.97 Å². The average Bonchev–Trinajstić information content (AvgIpc) is 2.26. The van der Waals surface area contributed by atoms with Crippen molar-refractivity contribution in [1.82, 2.24) is 0 Å². The van der Waals surface area contributed by atoms with Crippen molar-refractivity contribution >= 4 is 17.6 Å². The molecule has 1 rings (SSSR count). The Balaban J connectivity index is 3.16. The third-order valence-corrected chi connectivity index (χ3v) is 2.62. The van der Waals surface area contributed by atoms with Crippen molar-refractivity contribution in [2.24, 2.45) is 0 Å². The minimum Gasteiger partial charge on any atom is -0.479 e. The highest BCUT2D eigenvalue weighted by molar-refractivity contribution is 6.31. The van der Waals surface area contributed by atoms with E-state index in [0.717, 1.165) is 0 Å². The van der Waals surface area contributed by atoms with Crippen molar-refractivity contribution < 1.29 is 14.6 Å². The van der Waals surface area contributed by atoms with Crippen molar-refractivity contribution in [2.45, 2.75) is 12.5 Å². The fourth-order valence-electron chi connectivity index (χ4n) is 1.33. The Labute approximate surface area is 99.3 Å². The van der Waals surface area contributed by atoms with Gasteiger partial charge in [0.05, 0.1) is 6.61 Å². The minimum absolute atomic E-state index is 0.147. The van der Waals surface area contributed by atoms with Crippen LogP contribution in [0.1, 0.15) is 12.5 Å². The van der Waals surface area contributed by atoms with Gasteiger partial charge in [-0.1, -0.05) is 35.9 Å². The van der Waals surface area contributed by atoms with E-state index in [-0.39, 0.29) is 6.61 Å². The van der Waals surface area contributed by atoms with E-state index in [1.54, 1.807) is 24.3 Å². The zero-order chi connectivity index (χ0) is 12.2. The van der Waals surface area contributed by atoms with Crippen LogP contribution in [0, 0.1) is 0 Å². The number of benzene rings is 1. The molecule has 0 aliphatic heterocycles. The van der Waals surface area contributed by atoms with Crippen LogP contribution in [0.2, 0.25) is 5.02 Å². The Bertz CT molecular complexity index is 403. The summed E-state index contributed by atoms with van der Waals surface area (Å²) in [5, 5.41) is 9.59. The number of carbonyl (C=O) groups is 1. The van der Waals surface area contributed by atoms with E-state index in [1.807, 2.05) is 0 Å². The smallest absolute Gasteiger partial charge is 0.340 e. The van der Waals surface area contributed by atoms with Crippen LogP contribution in [0.3, 0.4) is 0 Å². The normalized spacial score (nSPS) is 14.1. The van der Waals surface area contributed by atoms with E-state index in [0.29, 0.717) is 10.6 Å². The summed E-state index contributed by atoms with van der Waals surface area (Å²) in [7, 11) is 0. The molecule has 0 fully saturated rings. The number of carboxylic acid groups (broad SMARTS) is 1. The maximum atomic E-state index is 11.3. The standard InChI is InChI=1S/C12H13ClO3/c1-3-8-16-12(2,11(14)15)9-6-4-5-7-10(9)13/h3-7H,1,8H2,2H3,(H,14,15). The van der Waals surface area contributed by atoms with Crippen molar-refractivity contribution in [1.29, 1.82) is 0 Å². The first-order chi connectivity index (χ1) is 7.52. The van der Waals surface area contributed by atoms with E-state index in [9.17, 15) is 9.90 Å². The highest BCUT2D eigenvalue weighted by atomic mass is 35.5. The first-order valence-electron chi connectivity index (χ1n) is 4.75. The maximum Gasteiger partial charge on any atom is 0.340 e. The molecule has 1 aromatic carbocycles. The zero-order valence-corrected chi connectivity index (χ0v) is 9.70. The molecule has 1 atom stereocenters. The molecule has 3 nitrogen and oxygen atoms in total. The number of carboxylic acids is 1. The number of hydrogen-bond donors (Lipinski definition) is 1.